The normalized spacial score (nSPS) is 12.8. The van der Waals surface area contributed by atoms with E-state index in [1.807, 2.05) is 6.92 Å². The highest BCUT2D eigenvalue weighted by atomic mass is 16.5. The summed E-state index contributed by atoms with van der Waals surface area (Å²) in [6.45, 7) is 5.42. The second-order valence-electron chi connectivity index (χ2n) is 2.54. The molecule has 0 amide bonds. The summed E-state index contributed by atoms with van der Waals surface area (Å²) >= 11 is 0. The predicted molar refractivity (Wildman–Crippen MR) is 48.4 cm³/mol. The average Bonchev–Trinajstić information content (AvgIpc) is 2.03. The second kappa shape index (κ2) is 5.42. The van der Waals surface area contributed by atoms with Crippen LogP contribution in [-0.4, -0.2) is 13.1 Å². The maximum atomic E-state index is 10.9. The SMILES string of the molecule is CC#C/C(C)=C\C(C)C(=O)OC. The van der Waals surface area contributed by atoms with E-state index in [9.17, 15) is 4.79 Å². The Morgan fingerprint density at radius 1 is 1.58 bits per heavy atom. The molecule has 0 rings (SSSR count). The minimum Gasteiger partial charge on any atom is -0.469 e. The van der Waals surface area contributed by atoms with Gasteiger partial charge in [0, 0.05) is 0 Å². The lowest BCUT2D eigenvalue weighted by Gasteiger charge is -2.02. The van der Waals surface area contributed by atoms with E-state index in [1.54, 1.807) is 19.9 Å². The van der Waals surface area contributed by atoms with Crippen LogP contribution in [-0.2, 0) is 9.53 Å². The zero-order valence-electron chi connectivity index (χ0n) is 7.97. The maximum absolute atomic E-state index is 10.9. The molecule has 2 heteroatoms. The fourth-order valence-electron chi connectivity index (χ4n) is 0.868. The molecule has 12 heavy (non-hydrogen) atoms. The summed E-state index contributed by atoms with van der Waals surface area (Å²) in [6.07, 6.45) is 1.79. The molecule has 2 nitrogen and oxygen atoms in total. The first-order valence-corrected chi connectivity index (χ1v) is 3.80. The van der Waals surface area contributed by atoms with Gasteiger partial charge in [-0.2, -0.15) is 0 Å². The molecule has 0 aromatic carbocycles. The van der Waals surface area contributed by atoms with Gasteiger partial charge in [0.2, 0.25) is 0 Å². The van der Waals surface area contributed by atoms with Crippen LogP contribution in [0.4, 0.5) is 0 Å². The van der Waals surface area contributed by atoms with Crippen molar-refractivity contribution in [2.75, 3.05) is 7.11 Å². The van der Waals surface area contributed by atoms with Gasteiger partial charge in [0.1, 0.15) is 0 Å². The summed E-state index contributed by atoms with van der Waals surface area (Å²) in [5.74, 6) is 5.18. The largest absolute Gasteiger partial charge is 0.469 e. The van der Waals surface area contributed by atoms with Gasteiger partial charge in [0.05, 0.1) is 13.0 Å². The molecule has 0 saturated carbocycles. The van der Waals surface area contributed by atoms with Crippen LogP contribution >= 0.6 is 0 Å². The standard InChI is InChI=1S/C10H14O2/c1-5-6-8(2)7-9(3)10(11)12-4/h7,9H,1-4H3/b8-7-. The molecule has 1 unspecified atom stereocenters. The highest BCUT2D eigenvalue weighted by Crippen LogP contribution is 2.03. The van der Waals surface area contributed by atoms with Crippen LogP contribution in [0.25, 0.3) is 0 Å². The zero-order valence-corrected chi connectivity index (χ0v) is 7.97. The van der Waals surface area contributed by atoms with Crippen molar-refractivity contribution in [3.63, 3.8) is 0 Å². The van der Waals surface area contributed by atoms with Crippen LogP contribution in [0.15, 0.2) is 11.6 Å². The molecule has 0 aliphatic heterocycles. The Labute approximate surface area is 73.6 Å². The van der Waals surface area contributed by atoms with Crippen LogP contribution in [0.2, 0.25) is 0 Å². The van der Waals surface area contributed by atoms with Crippen molar-refractivity contribution in [3.05, 3.63) is 11.6 Å². The number of esters is 1. The van der Waals surface area contributed by atoms with Crippen molar-refractivity contribution in [2.45, 2.75) is 20.8 Å². The van der Waals surface area contributed by atoms with Gasteiger partial charge in [-0.3, -0.25) is 4.79 Å². The molecule has 0 aliphatic rings. The van der Waals surface area contributed by atoms with Gasteiger partial charge in [-0.25, -0.2) is 0 Å². The van der Waals surface area contributed by atoms with E-state index < -0.39 is 0 Å². The number of allylic oxidation sites excluding steroid dienone is 1. The van der Waals surface area contributed by atoms with E-state index in [0.29, 0.717) is 0 Å². The van der Waals surface area contributed by atoms with E-state index >= 15 is 0 Å². The van der Waals surface area contributed by atoms with Crippen molar-refractivity contribution in [1.29, 1.82) is 0 Å². The smallest absolute Gasteiger partial charge is 0.312 e. The fourth-order valence-corrected chi connectivity index (χ4v) is 0.868. The Morgan fingerprint density at radius 3 is 2.58 bits per heavy atom. The van der Waals surface area contributed by atoms with E-state index in [1.165, 1.54) is 7.11 Å². The Bertz CT molecular complexity index is 240. The van der Waals surface area contributed by atoms with Crippen molar-refractivity contribution >= 4 is 5.97 Å². The summed E-state index contributed by atoms with van der Waals surface area (Å²) in [6, 6.07) is 0. The lowest BCUT2D eigenvalue weighted by Crippen LogP contribution is -2.10. The lowest BCUT2D eigenvalue weighted by atomic mass is 10.1. The van der Waals surface area contributed by atoms with Gasteiger partial charge in [-0.05, 0) is 26.3 Å². The van der Waals surface area contributed by atoms with Crippen molar-refractivity contribution in [2.24, 2.45) is 5.92 Å². The van der Waals surface area contributed by atoms with Gasteiger partial charge >= 0.3 is 5.97 Å². The first-order chi connectivity index (χ1) is 5.61. The number of methoxy groups -OCH3 is 1. The van der Waals surface area contributed by atoms with E-state index in [4.69, 9.17) is 0 Å². The minimum absolute atomic E-state index is 0.212. The third kappa shape index (κ3) is 3.82. The molecule has 0 bridgehead atoms. The van der Waals surface area contributed by atoms with Crippen LogP contribution < -0.4 is 0 Å². The summed E-state index contributed by atoms with van der Waals surface area (Å²) in [4.78, 5) is 10.9. The third-order valence-electron chi connectivity index (χ3n) is 1.40. The molecule has 0 spiro atoms. The van der Waals surface area contributed by atoms with Gasteiger partial charge in [-0.1, -0.05) is 12.0 Å². The van der Waals surface area contributed by atoms with E-state index in [-0.39, 0.29) is 11.9 Å². The molecule has 0 aliphatic carbocycles. The molecule has 0 heterocycles. The number of ether oxygens (including phenoxy) is 1. The van der Waals surface area contributed by atoms with Crippen LogP contribution in [0.1, 0.15) is 20.8 Å². The molecule has 66 valence electrons. The second-order valence-corrected chi connectivity index (χ2v) is 2.54. The first kappa shape index (κ1) is 10.8. The molecule has 0 fully saturated rings. The molecular weight excluding hydrogens is 152 g/mol. The lowest BCUT2D eigenvalue weighted by molar-refractivity contribution is -0.143. The summed E-state index contributed by atoms with van der Waals surface area (Å²) in [5.41, 5.74) is 0.899. The van der Waals surface area contributed by atoms with E-state index in [0.717, 1.165) is 5.57 Å². The van der Waals surface area contributed by atoms with Gasteiger partial charge in [0.15, 0.2) is 0 Å². The van der Waals surface area contributed by atoms with Gasteiger partial charge < -0.3 is 4.74 Å². The molecule has 0 aromatic heterocycles. The predicted octanol–water partition coefficient (Wildman–Crippen LogP) is 1.77. The molecule has 1 atom stereocenters. The molecule has 0 radical (unpaired) electrons. The number of carbonyl (C=O) groups is 1. The Hall–Kier alpha value is -1.23. The average molecular weight is 166 g/mol. The van der Waals surface area contributed by atoms with Crippen molar-refractivity contribution in [1.82, 2.24) is 0 Å². The number of hydrogen-bond donors (Lipinski definition) is 0. The van der Waals surface area contributed by atoms with Crippen LogP contribution in [0.5, 0.6) is 0 Å². The summed E-state index contributed by atoms with van der Waals surface area (Å²) < 4.78 is 4.56. The first-order valence-electron chi connectivity index (χ1n) is 3.80. The highest BCUT2D eigenvalue weighted by molar-refractivity contribution is 5.74. The molecule has 0 aromatic rings. The molecule has 0 saturated heterocycles. The van der Waals surface area contributed by atoms with Gasteiger partial charge in [-0.15, -0.1) is 5.92 Å². The van der Waals surface area contributed by atoms with Crippen LogP contribution in [0.3, 0.4) is 0 Å². The Balaban J connectivity index is 4.29. The maximum Gasteiger partial charge on any atom is 0.312 e. The fraction of sp³-hybridized carbons (Fsp3) is 0.500. The van der Waals surface area contributed by atoms with Crippen molar-refractivity contribution in [3.8, 4) is 11.8 Å². The molecule has 0 N–H and O–H groups in total. The topological polar surface area (TPSA) is 26.3 Å². The quantitative estimate of drug-likeness (QED) is 0.461. The number of rotatable bonds is 2. The van der Waals surface area contributed by atoms with Crippen molar-refractivity contribution < 1.29 is 9.53 Å². The Morgan fingerprint density at radius 2 is 2.17 bits per heavy atom. The van der Waals surface area contributed by atoms with E-state index in [2.05, 4.69) is 16.6 Å². The minimum atomic E-state index is -0.229. The molecular formula is C10H14O2. The third-order valence-corrected chi connectivity index (χ3v) is 1.40. The van der Waals surface area contributed by atoms with Crippen LogP contribution in [0, 0.1) is 17.8 Å². The summed E-state index contributed by atoms with van der Waals surface area (Å²) in [5, 5.41) is 0. The number of hydrogen-bond acceptors (Lipinski definition) is 2. The zero-order chi connectivity index (χ0) is 9.56. The summed E-state index contributed by atoms with van der Waals surface area (Å²) in [7, 11) is 1.38. The highest BCUT2D eigenvalue weighted by Gasteiger charge is 2.08. The number of carbonyl (C=O) groups excluding carboxylic acids is 1. The van der Waals surface area contributed by atoms with Gasteiger partial charge in [0.25, 0.3) is 0 Å². The Kier molecular flexibility index (Phi) is 4.87. The monoisotopic (exact) mass is 166 g/mol.